The quantitative estimate of drug-likeness (QED) is 0.482. The Morgan fingerprint density at radius 2 is 2.03 bits per heavy atom. The Morgan fingerprint density at radius 1 is 1.15 bits per heavy atom. The number of ether oxygens (including phenoxy) is 1. The highest BCUT2D eigenvalue weighted by Crippen LogP contribution is 2.33. The summed E-state index contributed by atoms with van der Waals surface area (Å²) in [5.41, 5.74) is 3.26. The molecule has 5 rings (SSSR count). The van der Waals surface area contributed by atoms with E-state index in [0.29, 0.717) is 23.2 Å². The first-order valence-electron chi connectivity index (χ1n) is 10.8. The van der Waals surface area contributed by atoms with Crippen molar-refractivity contribution in [1.29, 1.82) is 0 Å². The Morgan fingerprint density at radius 3 is 2.82 bits per heavy atom. The number of pyridine rings is 1. The van der Waals surface area contributed by atoms with Gasteiger partial charge >= 0.3 is 0 Å². The first-order chi connectivity index (χ1) is 16.0. The molecule has 4 aromatic rings. The summed E-state index contributed by atoms with van der Waals surface area (Å²) in [7, 11) is 5.86. The monoisotopic (exact) mass is 447 g/mol. The zero-order chi connectivity index (χ0) is 22.9. The SMILES string of the molecule is COc1cc(N2CC[C@@H](N(C)C)C2)ccc1Nc1ncc(F)c(-c2cnc3ccccn23)n1. The summed E-state index contributed by atoms with van der Waals surface area (Å²) in [6.07, 6.45) is 5.73. The molecule has 8 nitrogen and oxygen atoms in total. The van der Waals surface area contributed by atoms with Crippen molar-refractivity contribution in [2.45, 2.75) is 12.5 Å². The standard InChI is InChI=1S/C24H26FN7O/c1-30(2)17-9-11-31(15-17)16-7-8-19(21(12-16)33-3)28-24-27-13-18(25)23(29-24)20-14-26-22-6-4-5-10-32(20)22/h4-8,10,12-14,17H,9,11,15H2,1-3H3,(H,27,28,29)/t17-/m1/s1. The number of methoxy groups -OCH3 is 1. The predicted molar refractivity (Wildman–Crippen MR) is 127 cm³/mol. The summed E-state index contributed by atoms with van der Waals surface area (Å²) in [5.74, 6) is 0.431. The van der Waals surface area contributed by atoms with E-state index < -0.39 is 5.82 Å². The fourth-order valence-corrected chi connectivity index (χ4v) is 4.21. The Bertz CT molecular complexity index is 1290. The van der Waals surface area contributed by atoms with Gasteiger partial charge in [0.15, 0.2) is 5.82 Å². The van der Waals surface area contributed by atoms with E-state index in [9.17, 15) is 4.39 Å². The van der Waals surface area contributed by atoms with Crippen molar-refractivity contribution < 1.29 is 9.13 Å². The van der Waals surface area contributed by atoms with Crippen molar-refractivity contribution >= 4 is 23.0 Å². The largest absolute Gasteiger partial charge is 0.494 e. The van der Waals surface area contributed by atoms with E-state index in [1.165, 1.54) is 6.20 Å². The molecule has 9 heteroatoms. The Balaban J connectivity index is 1.42. The fourth-order valence-electron chi connectivity index (χ4n) is 4.21. The summed E-state index contributed by atoms with van der Waals surface area (Å²) in [4.78, 5) is 17.5. The van der Waals surface area contributed by atoms with Crippen molar-refractivity contribution in [3.63, 3.8) is 0 Å². The highest BCUT2D eigenvalue weighted by molar-refractivity contribution is 5.69. The normalized spacial score (nSPS) is 16.0. The first-order valence-corrected chi connectivity index (χ1v) is 10.8. The summed E-state index contributed by atoms with van der Waals surface area (Å²) in [6, 6.07) is 12.2. The maximum atomic E-state index is 14.6. The van der Waals surface area contributed by atoms with E-state index in [4.69, 9.17) is 4.74 Å². The third-order valence-electron chi connectivity index (χ3n) is 6.09. The molecule has 0 aliphatic carbocycles. The van der Waals surface area contributed by atoms with Crippen LogP contribution in [-0.2, 0) is 0 Å². The van der Waals surface area contributed by atoms with Gasteiger partial charge in [0.1, 0.15) is 17.1 Å². The van der Waals surface area contributed by atoms with Crippen LogP contribution in [0.1, 0.15) is 6.42 Å². The van der Waals surface area contributed by atoms with Crippen molar-refractivity contribution in [3.05, 3.63) is 60.8 Å². The second kappa shape index (κ2) is 8.67. The molecule has 1 saturated heterocycles. The molecule has 0 unspecified atom stereocenters. The number of aromatic nitrogens is 4. The maximum absolute atomic E-state index is 14.6. The van der Waals surface area contributed by atoms with Gasteiger partial charge in [0, 0.05) is 37.1 Å². The third kappa shape index (κ3) is 4.07. The molecule has 170 valence electrons. The number of halogens is 1. The highest BCUT2D eigenvalue weighted by Gasteiger charge is 2.25. The van der Waals surface area contributed by atoms with E-state index in [0.717, 1.165) is 30.8 Å². The van der Waals surface area contributed by atoms with Crippen molar-refractivity contribution in [2.75, 3.05) is 44.5 Å². The van der Waals surface area contributed by atoms with Gasteiger partial charge in [-0.1, -0.05) is 6.07 Å². The number of benzene rings is 1. The summed E-state index contributed by atoms with van der Waals surface area (Å²) in [6.45, 7) is 1.98. The molecule has 0 bridgehead atoms. The van der Waals surface area contributed by atoms with E-state index in [1.807, 2.05) is 36.5 Å². The number of likely N-dealkylation sites (N-methyl/N-ethyl adjacent to an activating group) is 1. The topological polar surface area (TPSA) is 70.8 Å². The number of hydrogen-bond acceptors (Lipinski definition) is 7. The average molecular weight is 448 g/mol. The lowest BCUT2D eigenvalue weighted by atomic mass is 10.2. The van der Waals surface area contributed by atoms with Gasteiger partial charge < -0.3 is 19.9 Å². The number of nitrogens with zero attached hydrogens (tertiary/aromatic N) is 6. The minimum atomic E-state index is -0.516. The van der Waals surface area contributed by atoms with Gasteiger partial charge in [0.25, 0.3) is 0 Å². The van der Waals surface area contributed by atoms with Crippen LogP contribution in [0.15, 0.2) is 55.0 Å². The minimum absolute atomic E-state index is 0.175. The Labute approximate surface area is 191 Å². The van der Waals surface area contributed by atoms with E-state index >= 15 is 0 Å². The van der Waals surface area contributed by atoms with Crippen LogP contribution in [0.3, 0.4) is 0 Å². The van der Waals surface area contributed by atoms with Gasteiger partial charge in [-0.25, -0.2) is 19.3 Å². The highest BCUT2D eigenvalue weighted by atomic mass is 19.1. The van der Waals surface area contributed by atoms with Crippen molar-refractivity contribution in [1.82, 2.24) is 24.3 Å². The Kier molecular flexibility index (Phi) is 5.55. The molecule has 0 amide bonds. The van der Waals surface area contributed by atoms with Crippen LogP contribution >= 0.6 is 0 Å². The molecule has 1 N–H and O–H groups in total. The van der Waals surface area contributed by atoms with E-state index in [-0.39, 0.29) is 11.6 Å². The van der Waals surface area contributed by atoms with Crippen LogP contribution in [0.5, 0.6) is 5.75 Å². The van der Waals surface area contributed by atoms with Crippen LogP contribution < -0.4 is 15.0 Å². The molecule has 3 aromatic heterocycles. The van der Waals surface area contributed by atoms with Gasteiger partial charge in [-0.2, -0.15) is 0 Å². The predicted octanol–water partition coefficient (Wildman–Crippen LogP) is 3.82. The number of fused-ring (bicyclic) bond motifs is 1. The van der Waals surface area contributed by atoms with E-state index in [1.54, 1.807) is 17.7 Å². The van der Waals surface area contributed by atoms with Crippen molar-refractivity contribution in [3.8, 4) is 17.1 Å². The third-order valence-corrected chi connectivity index (χ3v) is 6.09. The molecule has 1 aliphatic rings. The molecule has 1 fully saturated rings. The summed E-state index contributed by atoms with van der Waals surface area (Å²) in [5, 5.41) is 3.18. The lowest BCUT2D eigenvalue weighted by Gasteiger charge is -2.23. The van der Waals surface area contributed by atoms with Crippen LogP contribution in [0.4, 0.5) is 21.7 Å². The number of imidazole rings is 1. The van der Waals surface area contributed by atoms with Gasteiger partial charge in [-0.05, 0) is 44.8 Å². The van der Waals surface area contributed by atoms with Crippen LogP contribution in [0.25, 0.3) is 17.0 Å². The molecule has 1 aromatic carbocycles. The van der Waals surface area contributed by atoms with Crippen LogP contribution in [0, 0.1) is 5.82 Å². The summed E-state index contributed by atoms with van der Waals surface area (Å²) < 4.78 is 22.1. The smallest absolute Gasteiger partial charge is 0.228 e. The minimum Gasteiger partial charge on any atom is -0.494 e. The average Bonchev–Trinajstić information content (AvgIpc) is 3.48. The molecule has 33 heavy (non-hydrogen) atoms. The molecule has 0 spiro atoms. The van der Waals surface area contributed by atoms with Gasteiger partial charge in [-0.15, -0.1) is 0 Å². The lowest BCUT2D eigenvalue weighted by molar-refractivity contribution is 0.315. The van der Waals surface area contributed by atoms with Gasteiger partial charge in [0.2, 0.25) is 5.95 Å². The lowest BCUT2D eigenvalue weighted by Crippen LogP contribution is -2.31. The zero-order valence-electron chi connectivity index (χ0n) is 18.9. The van der Waals surface area contributed by atoms with Gasteiger partial charge in [0.05, 0.1) is 30.9 Å². The fraction of sp³-hybridized carbons (Fsp3) is 0.292. The molecular formula is C24H26FN7O. The number of hydrogen-bond donors (Lipinski definition) is 1. The number of anilines is 3. The van der Waals surface area contributed by atoms with Crippen molar-refractivity contribution in [2.24, 2.45) is 0 Å². The van der Waals surface area contributed by atoms with Crippen LogP contribution in [-0.4, -0.2) is 64.6 Å². The van der Waals surface area contributed by atoms with E-state index in [2.05, 4.69) is 50.2 Å². The second-order valence-corrected chi connectivity index (χ2v) is 8.32. The number of rotatable bonds is 6. The zero-order valence-corrected chi connectivity index (χ0v) is 18.9. The maximum Gasteiger partial charge on any atom is 0.228 e. The number of nitrogens with one attached hydrogen (secondary N) is 1. The molecule has 0 saturated carbocycles. The summed E-state index contributed by atoms with van der Waals surface area (Å²) >= 11 is 0. The molecule has 1 aliphatic heterocycles. The molecular weight excluding hydrogens is 421 g/mol. The molecule has 4 heterocycles. The Hall–Kier alpha value is -3.72. The molecule has 1 atom stereocenters. The van der Waals surface area contributed by atoms with Crippen LogP contribution in [0.2, 0.25) is 0 Å². The first kappa shape index (κ1) is 21.1. The van der Waals surface area contributed by atoms with Gasteiger partial charge in [-0.3, -0.25) is 4.40 Å². The second-order valence-electron chi connectivity index (χ2n) is 8.32. The molecule has 0 radical (unpaired) electrons.